The van der Waals surface area contributed by atoms with Crippen LogP contribution in [0.25, 0.3) is 0 Å². The number of hydrogen-bond donors (Lipinski definition) is 2. The van der Waals surface area contributed by atoms with Crippen molar-refractivity contribution in [3.8, 4) is 0 Å². The van der Waals surface area contributed by atoms with Crippen molar-refractivity contribution in [2.45, 2.75) is 31.3 Å². The first-order chi connectivity index (χ1) is 8.90. The molecular weight excluding hydrogens is 287 g/mol. The Morgan fingerprint density at radius 2 is 2.16 bits per heavy atom. The monoisotopic (exact) mass is 306 g/mol. The van der Waals surface area contributed by atoms with Crippen LogP contribution in [0.2, 0.25) is 0 Å². The molecule has 0 aliphatic heterocycles. The lowest BCUT2D eigenvalue weighted by Crippen LogP contribution is -2.34. The molecule has 0 aliphatic carbocycles. The quantitative estimate of drug-likeness (QED) is 0.804. The summed E-state index contributed by atoms with van der Waals surface area (Å²) >= 11 is 1.63. The van der Waals surface area contributed by atoms with E-state index in [1.54, 1.807) is 18.7 Å². The highest BCUT2D eigenvalue weighted by molar-refractivity contribution is 7.99. The first-order valence-corrected chi connectivity index (χ1v) is 8.63. The topological polar surface area (TPSA) is 72.2 Å². The Balaban J connectivity index is 2.88. The highest BCUT2D eigenvalue weighted by atomic mass is 32.2. The molecule has 1 aromatic rings. The molecule has 0 spiro atoms. The number of nitrogens with one attached hydrogen (secondary N) is 1. The standard InChI is InChI=1S/C12H19FN2O2S2/c1-3-18-8-9(2)15-19(16,17)12-5-4-10(7-14)6-11(12)13/h4-6,9,15H,3,7-8,14H2,1-2H3. The Morgan fingerprint density at radius 1 is 1.47 bits per heavy atom. The van der Waals surface area contributed by atoms with Gasteiger partial charge in [-0.05, 0) is 30.4 Å². The minimum atomic E-state index is -3.82. The molecule has 1 rings (SSSR count). The van der Waals surface area contributed by atoms with Crippen molar-refractivity contribution in [2.24, 2.45) is 5.73 Å². The van der Waals surface area contributed by atoms with Gasteiger partial charge in [0.25, 0.3) is 0 Å². The lowest BCUT2D eigenvalue weighted by Gasteiger charge is -2.14. The van der Waals surface area contributed by atoms with Crippen molar-refractivity contribution < 1.29 is 12.8 Å². The van der Waals surface area contributed by atoms with Gasteiger partial charge in [0.05, 0.1) is 0 Å². The summed E-state index contributed by atoms with van der Waals surface area (Å²) in [5.74, 6) is 0.787. The van der Waals surface area contributed by atoms with E-state index in [0.717, 1.165) is 11.8 Å². The molecule has 0 saturated carbocycles. The van der Waals surface area contributed by atoms with E-state index in [2.05, 4.69) is 4.72 Å². The number of nitrogens with two attached hydrogens (primary N) is 1. The molecule has 19 heavy (non-hydrogen) atoms. The van der Waals surface area contributed by atoms with Crippen molar-refractivity contribution in [3.63, 3.8) is 0 Å². The maximum Gasteiger partial charge on any atom is 0.243 e. The van der Waals surface area contributed by atoms with Gasteiger partial charge in [-0.3, -0.25) is 0 Å². The van der Waals surface area contributed by atoms with Crippen molar-refractivity contribution in [2.75, 3.05) is 11.5 Å². The van der Waals surface area contributed by atoms with Gasteiger partial charge in [0, 0.05) is 18.3 Å². The minimum Gasteiger partial charge on any atom is -0.326 e. The molecule has 1 aromatic carbocycles. The molecular formula is C12H19FN2O2S2. The van der Waals surface area contributed by atoms with E-state index in [9.17, 15) is 12.8 Å². The van der Waals surface area contributed by atoms with Crippen molar-refractivity contribution >= 4 is 21.8 Å². The Morgan fingerprint density at radius 3 is 2.68 bits per heavy atom. The lowest BCUT2D eigenvalue weighted by atomic mass is 10.2. The van der Waals surface area contributed by atoms with Gasteiger partial charge in [0.15, 0.2) is 0 Å². The molecule has 0 bridgehead atoms. The van der Waals surface area contributed by atoms with Gasteiger partial charge in [-0.15, -0.1) is 0 Å². The van der Waals surface area contributed by atoms with Crippen molar-refractivity contribution in [1.29, 1.82) is 0 Å². The second-order valence-electron chi connectivity index (χ2n) is 4.15. The molecule has 108 valence electrons. The van der Waals surface area contributed by atoms with Gasteiger partial charge in [-0.1, -0.05) is 13.0 Å². The average molecular weight is 306 g/mol. The van der Waals surface area contributed by atoms with E-state index in [-0.39, 0.29) is 17.5 Å². The second kappa shape index (κ2) is 7.23. The molecule has 0 saturated heterocycles. The first-order valence-electron chi connectivity index (χ1n) is 5.99. The maximum atomic E-state index is 13.8. The largest absolute Gasteiger partial charge is 0.326 e. The third kappa shape index (κ3) is 4.76. The molecule has 7 heteroatoms. The molecule has 0 amide bonds. The highest BCUT2D eigenvalue weighted by Crippen LogP contribution is 2.16. The van der Waals surface area contributed by atoms with Gasteiger partial charge in [-0.2, -0.15) is 11.8 Å². The number of thioether (sulfide) groups is 1. The number of benzene rings is 1. The lowest BCUT2D eigenvalue weighted by molar-refractivity contribution is 0.549. The normalized spacial score (nSPS) is 13.5. The van der Waals surface area contributed by atoms with Gasteiger partial charge in [0.2, 0.25) is 10.0 Å². The third-order valence-electron chi connectivity index (χ3n) is 2.45. The van der Waals surface area contributed by atoms with Crippen LogP contribution in [0.3, 0.4) is 0 Å². The maximum absolute atomic E-state index is 13.8. The Hall–Kier alpha value is -0.630. The fourth-order valence-corrected chi connectivity index (χ4v) is 3.63. The summed E-state index contributed by atoms with van der Waals surface area (Å²) in [5.41, 5.74) is 5.94. The van der Waals surface area contributed by atoms with E-state index in [0.29, 0.717) is 11.3 Å². The Labute approximate surface area is 118 Å². The summed E-state index contributed by atoms with van der Waals surface area (Å²) in [6, 6.07) is 3.67. The zero-order chi connectivity index (χ0) is 14.5. The number of rotatable bonds is 7. The first kappa shape index (κ1) is 16.4. The Bertz CT molecular complexity index is 520. The molecule has 4 nitrogen and oxygen atoms in total. The zero-order valence-electron chi connectivity index (χ0n) is 11.0. The van der Waals surface area contributed by atoms with Crippen molar-refractivity contribution in [3.05, 3.63) is 29.6 Å². The Kier molecular flexibility index (Phi) is 6.25. The summed E-state index contributed by atoms with van der Waals surface area (Å²) in [7, 11) is -3.82. The molecule has 0 radical (unpaired) electrons. The van der Waals surface area contributed by atoms with E-state index >= 15 is 0 Å². The van der Waals surface area contributed by atoms with Crippen LogP contribution >= 0.6 is 11.8 Å². The van der Waals surface area contributed by atoms with Crippen LogP contribution in [-0.2, 0) is 16.6 Å². The fourth-order valence-electron chi connectivity index (χ4n) is 1.55. The van der Waals surface area contributed by atoms with Crippen LogP contribution in [0.5, 0.6) is 0 Å². The predicted octanol–water partition coefficient (Wildman–Crippen LogP) is 1.70. The van der Waals surface area contributed by atoms with Crippen LogP contribution in [0.1, 0.15) is 19.4 Å². The summed E-state index contributed by atoms with van der Waals surface area (Å²) in [5, 5.41) is 0. The van der Waals surface area contributed by atoms with Gasteiger partial charge >= 0.3 is 0 Å². The molecule has 0 aliphatic rings. The van der Waals surface area contributed by atoms with Gasteiger partial charge in [-0.25, -0.2) is 17.5 Å². The third-order valence-corrected chi connectivity index (χ3v) is 5.22. The van der Waals surface area contributed by atoms with E-state index in [4.69, 9.17) is 5.73 Å². The molecule has 0 heterocycles. The second-order valence-corrected chi connectivity index (χ2v) is 7.15. The summed E-state index contributed by atoms with van der Waals surface area (Å²) < 4.78 is 40.3. The molecule has 1 unspecified atom stereocenters. The van der Waals surface area contributed by atoms with Crippen LogP contribution in [0, 0.1) is 5.82 Å². The molecule has 3 N–H and O–H groups in total. The summed E-state index contributed by atoms with van der Waals surface area (Å²) in [6.07, 6.45) is 0. The van der Waals surface area contributed by atoms with Gasteiger partial charge < -0.3 is 5.73 Å². The highest BCUT2D eigenvalue weighted by Gasteiger charge is 2.21. The van der Waals surface area contributed by atoms with Crippen LogP contribution in [0.4, 0.5) is 4.39 Å². The van der Waals surface area contributed by atoms with Crippen molar-refractivity contribution in [1.82, 2.24) is 4.72 Å². The summed E-state index contributed by atoms with van der Waals surface area (Å²) in [6.45, 7) is 3.93. The smallest absolute Gasteiger partial charge is 0.243 e. The molecule has 0 fully saturated rings. The van der Waals surface area contributed by atoms with E-state index in [1.165, 1.54) is 12.1 Å². The minimum absolute atomic E-state index is 0.175. The zero-order valence-corrected chi connectivity index (χ0v) is 12.7. The summed E-state index contributed by atoms with van der Waals surface area (Å²) in [4.78, 5) is -0.335. The van der Waals surface area contributed by atoms with Crippen LogP contribution < -0.4 is 10.5 Å². The molecule has 1 atom stereocenters. The van der Waals surface area contributed by atoms with Gasteiger partial charge in [0.1, 0.15) is 10.7 Å². The molecule has 0 aromatic heterocycles. The van der Waals surface area contributed by atoms with E-state index < -0.39 is 15.8 Å². The average Bonchev–Trinajstić information content (AvgIpc) is 2.35. The fraction of sp³-hybridized carbons (Fsp3) is 0.500. The van der Waals surface area contributed by atoms with Crippen LogP contribution in [-0.4, -0.2) is 26.0 Å². The predicted molar refractivity (Wildman–Crippen MR) is 77.1 cm³/mol. The number of hydrogen-bond acceptors (Lipinski definition) is 4. The SMILES string of the molecule is CCSCC(C)NS(=O)(=O)c1ccc(CN)cc1F. The van der Waals surface area contributed by atoms with E-state index in [1.807, 2.05) is 6.92 Å². The van der Waals surface area contributed by atoms with Crippen LogP contribution in [0.15, 0.2) is 23.1 Å². The number of sulfonamides is 1. The number of halogens is 1.